The van der Waals surface area contributed by atoms with E-state index in [1.54, 1.807) is 30.3 Å². The molecule has 1 aromatic rings. The van der Waals surface area contributed by atoms with Gasteiger partial charge in [-0.3, -0.25) is 9.59 Å². The third-order valence-electron chi connectivity index (χ3n) is 3.69. The number of amides is 1. The summed E-state index contributed by atoms with van der Waals surface area (Å²) in [5, 5.41) is 9.23. The van der Waals surface area contributed by atoms with Gasteiger partial charge in [-0.1, -0.05) is 30.3 Å². The molecule has 1 heterocycles. The number of alkyl halides is 3. The average Bonchev–Trinajstić information content (AvgIpc) is 2.45. The van der Waals surface area contributed by atoms with E-state index in [-0.39, 0.29) is 19.5 Å². The first-order chi connectivity index (χ1) is 9.80. The molecule has 0 aliphatic carbocycles. The van der Waals surface area contributed by atoms with E-state index >= 15 is 0 Å². The molecule has 0 aromatic heterocycles. The van der Waals surface area contributed by atoms with Crippen LogP contribution in [0.15, 0.2) is 30.3 Å². The second kappa shape index (κ2) is 5.75. The summed E-state index contributed by atoms with van der Waals surface area (Å²) < 4.78 is 37.5. The summed E-state index contributed by atoms with van der Waals surface area (Å²) in [7, 11) is 0. The quantitative estimate of drug-likeness (QED) is 0.911. The van der Waals surface area contributed by atoms with Crippen molar-refractivity contribution >= 4 is 11.9 Å². The number of likely N-dealkylation sites (tertiary alicyclic amines) is 1. The highest BCUT2D eigenvalue weighted by atomic mass is 19.4. The first-order valence-electron chi connectivity index (χ1n) is 6.44. The third kappa shape index (κ3) is 3.34. The molecule has 2 atom stereocenters. The van der Waals surface area contributed by atoms with Crippen LogP contribution in [0.4, 0.5) is 13.2 Å². The Balaban J connectivity index is 2.25. The number of carboxylic acid groups (broad SMARTS) is 1. The van der Waals surface area contributed by atoms with Crippen LogP contribution in [-0.2, 0) is 9.59 Å². The van der Waals surface area contributed by atoms with E-state index in [0.717, 1.165) is 0 Å². The van der Waals surface area contributed by atoms with Crippen LogP contribution in [0.5, 0.6) is 0 Å². The van der Waals surface area contributed by atoms with Gasteiger partial charge < -0.3 is 10.0 Å². The van der Waals surface area contributed by atoms with Crippen LogP contribution < -0.4 is 0 Å². The summed E-state index contributed by atoms with van der Waals surface area (Å²) in [6.07, 6.45) is -4.92. The van der Waals surface area contributed by atoms with Gasteiger partial charge in [0, 0.05) is 19.0 Å². The van der Waals surface area contributed by atoms with Gasteiger partial charge in [0.05, 0.1) is 5.92 Å². The molecular formula is C14H14F3NO3. The molecule has 1 saturated heterocycles. The molecule has 1 amide bonds. The Morgan fingerprint density at radius 1 is 1.19 bits per heavy atom. The van der Waals surface area contributed by atoms with Gasteiger partial charge in [-0.2, -0.15) is 13.2 Å². The van der Waals surface area contributed by atoms with Gasteiger partial charge in [-0.15, -0.1) is 0 Å². The Morgan fingerprint density at radius 2 is 1.81 bits per heavy atom. The molecule has 0 saturated carbocycles. The van der Waals surface area contributed by atoms with E-state index < -0.39 is 29.9 Å². The van der Waals surface area contributed by atoms with Crippen molar-refractivity contribution in [2.45, 2.75) is 18.5 Å². The Hall–Kier alpha value is -2.05. The molecular weight excluding hydrogens is 287 g/mol. The summed E-state index contributed by atoms with van der Waals surface area (Å²) in [5.74, 6) is -4.39. The van der Waals surface area contributed by atoms with E-state index in [4.69, 9.17) is 0 Å². The Kier molecular flexibility index (Phi) is 4.20. The van der Waals surface area contributed by atoms with E-state index in [9.17, 15) is 27.9 Å². The highest BCUT2D eigenvalue weighted by Gasteiger charge is 2.46. The number of carbonyl (C=O) groups is 2. The first kappa shape index (κ1) is 15.3. The Labute approximate surface area is 119 Å². The van der Waals surface area contributed by atoms with Crippen LogP contribution in [0.3, 0.4) is 0 Å². The topological polar surface area (TPSA) is 57.6 Å². The lowest BCUT2D eigenvalue weighted by Crippen LogP contribution is -2.49. The monoisotopic (exact) mass is 301 g/mol. The fraction of sp³-hybridized carbons (Fsp3) is 0.429. The number of piperidine rings is 1. The maximum atomic E-state index is 12.5. The molecule has 2 rings (SSSR count). The van der Waals surface area contributed by atoms with Crippen LogP contribution in [0.1, 0.15) is 17.9 Å². The van der Waals surface area contributed by atoms with Crippen molar-refractivity contribution in [3.8, 4) is 0 Å². The van der Waals surface area contributed by atoms with E-state index in [2.05, 4.69) is 0 Å². The number of carboxylic acids is 1. The minimum absolute atomic E-state index is 0.0106. The number of hydrogen-bond donors (Lipinski definition) is 1. The fourth-order valence-corrected chi connectivity index (χ4v) is 2.65. The minimum atomic E-state index is -4.93. The van der Waals surface area contributed by atoms with Gasteiger partial charge in [0.2, 0.25) is 0 Å². The molecule has 0 spiro atoms. The largest absolute Gasteiger partial charge is 0.481 e. The third-order valence-corrected chi connectivity index (χ3v) is 3.69. The van der Waals surface area contributed by atoms with Crippen molar-refractivity contribution in [2.24, 2.45) is 5.92 Å². The predicted molar refractivity (Wildman–Crippen MR) is 67.6 cm³/mol. The maximum Gasteiger partial charge on any atom is 0.471 e. The number of hydrogen-bond acceptors (Lipinski definition) is 2. The van der Waals surface area contributed by atoms with Crippen LogP contribution >= 0.6 is 0 Å². The number of benzene rings is 1. The summed E-state index contributed by atoms with van der Waals surface area (Å²) in [6.45, 7) is -0.433. The number of halogens is 3. The lowest BCUT2D eigenvalue weighted by Gasteiger charge is -2.37. The normalized spacial score (nSPS) is 22.9. The smallest absolute Gasteiger partial charge is 0.471 e. The van der Waals surface area contributed by atoms with Crippen LogP contribution in [0.2, 0.25) is 0 Å². The second-order valence-corrected chi connectivity index (χ2v) is 5.00. The number of aliphatic carboxylic acids is 1. The molecule has 2 unspecified atom stereocenters. The zero-order valence-electron chi connectivity index (χ0n) is 11.0. The van der Waals surface area contributed by atoms with Crippen LogP contribution in [0, 0.1) is 5.92 Å². The number of carbonyl (C=O) groups excluding carboxylic acids is 1. The van der Waals surface area contributed by atoms with Gasteiger partial charge in [-0.25, -0.2) is 0 Å². The first-order valence-corrected chi connectivity index (χ1v) is 6.44. The molecule has 0 bridgehead atoms. The molecule has 1 N–H and O–H groups in total. The predicted octanol–water partition coefficient (Wildman–Crippen LogP) is 2.27. The average molecular weight is 301 g/mol. The summed E-state index contributed by atoms with van der Waals surface area (Å²) in [6, 6.07) is 8.46. The lowest BCUT2D eigenvalue weighted by atomic mass is 9.80. The van der Waals surface area contributed by atoms with E-state index in [1.807, 2.05) is 0 Å². The second-order valence-electron chi connectivity index (χ2n) is 5.00. The summed E-state index contributed by atoms with van der Waals surface area (Å²) >= 11 is 0. The van der Waals surface area contributed by atoms with Crippen LogP contribution in [0.25, 0.3) is 0 Å². The van der Waals surface area contributed by atoms with Crippen molar-refractivity contribution < 1.29 is 27.9 Å². The van der Waals surface area contributed by atoms with Crippen molar-refractivity contribution in [2.75, 3.05) is 13.1 Å². The molecule has 1 aliphatic heterocycles. The highest BCUT2D eigenvalue weighted by molar-refractivity contribution is 5.82. The SMILES string of the molecule is O=C(O)C1CCN(C(=O)C(F)(F)F)CC1c1ccccc1. The molecule has 114 valence electrons. The molecule has 1 fully saturated rings. The van der Waals surface area contributed by atoms with Crippen molar-refractivity contribution in [1.82, 2.24) is 4.90 Å². The lowest BCUT2D eigenvalue weighted by molar-refractivity contribution is -0.187. The number of rotatable bonds is 2. The molecule has 0 radical (unpaired) electrons. The van der Waals surface area contributed by atoms with Gasteiger partial charge >= 0.3 is 18.1 Å². The molecule has 1 aliphatic rings. The number of nitrogens with zero attached hydrogens (tertiary/aromatic N) is 1. The summed E-state index contributed by atoms with van der Waals surface area (Å²) in [4.78, 5) is 23.3. The zero-order valence-corrected chi connectivity index (χ0v) is 11.0. The molecule has 4 nitrogen and oxygen atoms in total. The van der Waals surface area contributed by atoms with E-state index in [0.29, 0.717) is 10.5 Å². The molecule has 7 heteroatoms. The van der Waals surface area contributed by atoms with Gasteiger partial charge in [0.25, 0.3) is 0 Å². The van der Waals surface area contributed by atoms with Crippen LogP contribution in [-0.4, -0.2) is 41.1 Å². The Bertz CT molecular complexity index is 530. The van der Waals surface area contributed by atoms with Crippen molar-refractivity contribution in [3.63, 3.8) is 0 Å². The highest BCUT2D eigenvalue weighted by Crippen LogP contribution is 2.34. The zero-order chi connectivity index (χ0) is 15.6. The Morgan fingerprint density at radius 3 is 2.33 bits per heavy atom. The van der Waals surface area contributed by atoms with Gasteiger partial charge in [0.15, 0.2) is 0 Å². The standard InChI is InChI=1S/C14H14F3NO3/c15-14(16,17)13(21)18-7-6-10(12(19)20)11(8-18)9-4-2-1-3-5-9/h1-5,10-11H,6-8H2,(H,19,20). The van der Waals surface area contributed by atoms with Gasteiger partial charge in [0.1, 0.15) is 0 Å². The fourth-order valence-electron chi connectivity index (χ4n) is 2.65. The van der Waals surface area contributed by atoms with Gasteiger partial charge in [-0.05, 0) is 12.0 Å². The van der Waals surface area contributed by atoms with Crippen molar-refractivity contribution in [1.29, 1.82) is 0 Å². The van der Waals surface area contributed by atoms with Crippen molar-refractivity contribution in [3.05, 3.63) is 35.9 Å². The van der Waals surface area contributed by atoms with E-state index in [1.165, 1.54) is 0 Å². The molecule has 21 heavy (non-hydrogen) atoms. The minimum Gasteiger partial charge on any atom is -0.481 e. The summed E-state index contributed by atoms with van der Waals surface area (Å²) in [5.41, 5.74) is 0.629. The maximum absolute atomic E-state index is 12.5. The molecule has 1 aromatic carbocycles.